The molecule has 0 spiro atoms. The van der Waals surface area contributed by atoms with Crippen molar-refractivity contribution in [3.8, 4) is 0 Å². The molecule has 2 unspecified atom stereocenters. The molecule has 0 radical (unpaired) electrons. The third-order valence-electron chi connectivity index (χ3n) is 2.61. The number of rotatable bonds is 1. The minimum absolute atomic E-state index is 0.129. The van der Waals surface area contributed by atoms with Crippen LogP contribution in [0.5, 0.6) is 0 Å². The minimum Gasteiger partial charge on any atom is -0.336 e. The Balaban J connectivity index is 2.60. The fourth-order valence-electron chi connectivity index (χ4n) is 1.87. The van der Waals surface area contributed by atoms with Gasteiger partial charge in [0.1, 0.15) is 0 Å². The first-order chi connectivity index (χ1) is 6.50. The molecule has 1 heterocycles. The molecule has 1 fully saturated rings. The molecule has 3 nitrogen and oxygen atoms in total. The molecule has 0 aromatic heterocycles. The standard InChI is InChI=1S/C11H20N2O/c1-8(2)6-11(14)13-5-4-10(12)7-9(13)3/h6,9-10H,4-5,7,12H2,1-3H3. The first-order valence-corrected chi connectivity index (χ1v) is 5.21. The third-order valence-corrected chi connectivity index (χ3v) is 2.61. The molecule has 0 aliphatic carbocycles. The van der Waals surface area contributed by atoms with Gasteiger partial charge in [0.2, 0.25) is 5.91 Å². The van der Waals surface area contributed by atoms with Crippen LogP contribution in [-0.2, 0) is 4.79 Å². The smallest absolute Gasteiger partial charge is 0.246 e. The minimum atomic E-state index is 0.129. The number of allylic oxidation sites excluding steroid dienone is 1. The van der Waals surface area contributed by atoms with Gasteiger partial charge >= 0.3 is 0 Å². The molecule has 1 aliphatic rings. The maximum Gasteiger partial charge on any atom is 0.246 e. The van der Waals surface area contributed by atoms with E-state index in [1.54, 1.807) is 6.08 Å². The maximum absolute atomic E-state index is 11.7. The highest BCUT2D eigenvalue weighted by Crippen LogP contribution is 2.16. The van der Waals surface area contributed by atoms with E-state index >= 15 is 0 Å². The summed E-state index contributed by atoms with van der Waals surface area (Å²) in [6, 6.07) is 0.544. The van der Waals surface area contributed by atoms with Crippen LogP contribution < -0.4 is 5.73 Å². The lowest BCUT2D eigenvalue weighted by Crippen LogP contribution is -2.47. The van der Waals surface area contributed by atoms with Gasteiger partial charge in [-0.2, -0.15) is 0 Å². The van der Waals surface area contributed by atoms with Crippen LogP contribution in [-0.4, -0.2) is 29.4 Å². The molecule has 2 atom stereocenters. The van der Waals surface area contributed by atoms with Gasteiger partial charge in [-0.25, -0.2) is 0 Å². The van der Waals surface area contributed by atoms with Crippen molar-refractivity contribution < 1.29 is 4.79 Å². The van der Waals surface area contributed by atoms with E-state index in [2.05, 4.69) is 6.92 Å². The highest BCUT2D eigenvalue weighted by Gasteiger charge is 2.25. The lowest BCUT2D eigenvalue weighted by atomic mass is 9.99. The number of amides is 1. The first-order valence-electron chi connectivity index (χ1n) is 5.21. The van der Waals surface area contributed by atoms with Crippen molar-refractivity contribution in [1.29, 1.82) is 0 Å². The maximum atomic E-state index is 11.7. The van der Waals surface area contributed by atoms with Crippen molar-refractivity contribution >= 4 is 5.91 Å². The van der Waals surface area contributed by atoms with E-state index in [0.29, 0.717) is 0 Å². The largest absolute Gasteiger partial charge is 0.336 e. The zero-order valence-corrected chi connectivity index (χ0v) is 9.29. The summed E-state index contributed by atoms with van der Waals surface area (Å²) in [5, 5.41) is 0. The molecule has 0 saturated carbocycles. The predicted octanol–water partition coefficient (Wildman–Crippen LogP) is 1.29. The van der Waals surface area contributed by atoms with E-state index in [4.69, 9.17) is 5.73 Å². The van der Waals surface area contributed by atoms with Gasteiger partial charge in [-0.15, -0.1) is 0 Å². The summed E-state index contributed by atoms with van der Waals surface area (Å²) in [6.45, 7) is 6.75. The van der Waals surface area contributed by atoms with Crippen LogP contribution in [0.25, 0.3) is 0 Å². The highest BCUT2D eigenvalue weighted by atomic mass is 16.2. The Labute approximate surface area is 86.0 Å². The second-order valence-electron chi connectivity index (χ2n) is 4.39. The topological polar surface area (TPSA) is 46.3 Å². The number of hydrogen-bond donors (Lipinski definition) is 1. The zero-order valence-electron chi connectivity index (χ0n) is 9.29. The first kappa shape index (κ1) is 11.2. The summed E-state index contributed by atoms with van der Waals surface area (Å²) >= 11 is 0. The molecule has 3 heteroatoms. The van der Waals surface area contributed by atoms with Crippen molar-refractivity contribution in [2.75, 3.05) is 6.54 Å². The molecular weight excluding hydrogens is 176 g/mol. The summed E-state index contributed by atoms with van der Waals surface area (Å²) in [6.07, 6.45) is 3.54. The number of piperidine rings is 1. The second-order valence-corrected chi connectivity index (χ2v) is 4.39. The van der Waals surface area contributed by atoms with Gasteiger partial charge in [-0.3, -0.25) is 4.79 Å². The van der Waals surface area contributed by atoms with Gasteiger partial charge in [0.25, 0.3) is 0 Å². The summed E-state index contributed by atoms with van der Waals surface area (Å²) < 4.78 is 0. The number of carbonyl (C=O) groups is 1. The van der Waals surface area contributed by atoms with Crippen LogP contribution in [0.2, 0.25) is 0 Å². The van der Waals surface area contributed by atoms with Gasteiger partial charge < -0.3 is 10.6 Å². The fraction of sp³-hybridized carbons (Fsp3) is 0.727. The zero-order chi connectivity index (χ0) is 10.7. The number of nitrogens with zero attached hydrogens (tertiary/aromatic N) is 1. The van der Waals surface area contributed by atoms with Crippen LogP contribution in [0, 0.1) is 0 Å². The molecule has 1 saturated heterocycles. The van der Waals surface area contributed by atoms with E-state index in [0.717, 1.165) is 25.0 Å². The van der Waals surface area contributed by atoms with Crippen LogP contribution in [0.4, 0.5) is 0 Å². The van der Waals surface area contributed by atoms with E-state index in [1.807, 2.05) is 18.7 Å². The van der Waals surface area contributed by atoms with Gasteiger partial charge in [0, 0.05) is 24.7 Å². The Bertz CT molecular complexity index is 244. The Hall–Kier alpha value is -0.830. The van der Waals surface area contributed by atoms with Gasteiger partial charge in [0.05, 0.1) is 0 Å². The molecule has 1 aliphatic heterocycles. The molecule has 0 bridgehead atoms. The van der Waals surface area contributed by atoms with Crippen molar-refractivity contribution in [2.24, 2.45) is 5.73 Å². The number of hydrogen-bond acceptors (Lipinski definition) is 2. The summed E-state index contributed by atoms with van der Waals surface area (Å²) in [7, 11) is 0. The van der Waals surface area contributed by atoms with E-state index < -0.39 is 0 Å². The molecule has 0 aromatic rings. The summed E-state index contributed by atoms with van der Waals surface area (Å²) in [4.78, 5) is 13.6. The van der Waals surface area contributed by atoms with Crippen molar-refractivity contribution in [1.82, 2.24) is 4.90 Å². The Morgan fingerprint density at radius 2 is 2.14 bits per heavy atom. The third kappa shape index (κ3) is 2.84. The van der Waals surface area contributed by atoms with Crippen LogP contribution in [0.3, 0.4) is 0 Å². The van der Waals surface area contributed by atoms with Crippen LogP contribution in [0.15, 0.2) is 11.6 Å². The second kappa shape index (κ2) is 4.60. The summed E-state index contributed by atoms with van der Waals surface area (Å²) in [5.41, 5.74) is 6.89. The molecule has 80 valence electrons. The SMILES string of the molecule is CC(C)=CC(=O)N1CCC(N)CC1C. The Kier molecular flexibility index (Phi) is 3.69. The van der Waals surface area contributed by atoms with Crippen LogP contribution >= 0.6 is 0 Å². The molecular formula is C11H20N2O. The molecule has 1 rings (SSSR count). The predicted molar refractivity (Wildman–Crippen MR) is 57.8 cm³/mol. The fourth-order valence-corrected chi connectivity index (χ4v) is 1.87. The average Bonchev–Trinajstić information content (AvgIpc) is 2.01. The van der Waals surface area contributed by atoms with E-state index in [-0.39, 0.29) is 18.0 Å². The van der Waals surface area contributed by atoms with Gasteiger partial charge in [0.15, 0.2) is 0 Å². The lowest BCUT2D eigenvalue weighted by molar-refractivity contribution is -0.129. The Morgan fingerprint density at radius 3 is 2.64 bits per heavy atom. The van der Waals surface area contributed by atoms with Crippen molar-refractivity contribution in [3.05, 3.63) is 11.6 Å². The van der Waals surface area contributed by atoms with Gasteiger partial charge in [-0.05, 0) is 33.6 Å². The lowest BCUT2D eigenvalue weighted by Gasteiger charge is -2.35. The Morgan fingerprint density at radius 1 is 1.50 bits per heavy atom. The van der Waals surface area contributed by atoms with E-state index in [1.165, 1.54) is 0 Å². The van der Waals surface area contributed by atoms with Crippen molar-refractivity contribution in [2.45, 2.75) is 45.7 Å². The number of carbonyl (C=O) groups excluding carboxylic acids is 1. The quantitative estimate of drug-likeness (QED) is 0.642. The summed E-state index contributed by atoms with van der Waals surface area (Å²) in [5.74, 6) is 0.129. The number of likely N-dealkylation sites (tertiary alicyclic amines) is 1. The van der Waals surface area contributed by atoms with E-state index in [9.17, 15) is 4.79 Å². The molecule has 2 N–H and O–H groups in total. The monoisotopic (exact) mass is 196 g/mol. The normalized spacial score (nSPS) is 27.3. The highest BCUT2D eigenvalue weighted by molar-refractivity contribution is 5.88. The molecule has 1 amide bonds. The molecule has 0 aromatic carbocycles. The van der Waals surface area contributed by atoms with Gasteiger partial charge in [-0.1, -0.05) is 5.57 Å². The average molecular weight is 196 g/mol. The van der Waals surface area contributed by atoms with Crippen LogP contribution in [0.1, 0.15) is 33.6 Å². The number of nitrogens with two attached hydrogens (primary N) is 1. The molecule has 14 heavy (non-hydrogen) atoms. The van der Waals surface area contributed by atoms with Crippen molar-refractivity contribution in [3.63, 3.8) is 0 Å².